The zero-order valence-electron chi connectivity index (χ0n) is 11.3. The van der Waals surface area contributed by atoms with E-state index < -0.39 is 15.8 Å². The van der Waals surface area contributed by atoms with Crippen LogP contribution in [0.5, 0.6) is 0 Å². The number of nitrogen functional groups attached to an aromatic ring is 1. The summed E-state index contributed by atoms with van der Waals surface area (Å²) in [6.07, 6.45) is 1.47. The Kier molecular flexibility index (Phi) is 4.20. The minimum Gasteiger partial charge on any atom is -0.396 e. The SMILES string of the molecule is Cc1cc(F)c(N)c(C)c1S(=O)(=O)Nc1ccc(Br)cn1. The van der Waals surface area contributed by atoms with E-state index in [1.54, 1.807) is 6.07 Å². The molecule has 0 saturated carbocycles. The standard InChI is InChI=1S/C13H13BrFN3O2S/c1-7-5-10(15)12(16)8(2)13(7)21(19,20)18-11-4-3-9(14)6-17-11/h3-6H,16H2,1-2H3,(H,17,18). The Labute approximate surface area is 130 Å². The fraction of sp³-hybridized carbons (Fsp3) is 0.154. The van der Waals surface area contributed by atoms with Crippen molar-refractivity contribution in [1.82, 2.24) is 4.98 Å². The molecule has 0 saturated heterocycles. The molecule has 0 radical (unpaired) electrons. The van der Waals surface area contributed by atoms with Gasteiger partial charge < -0.3 is 5.73 Å². The molecule has 0 unspecified atom stereocenters. The minimum atomic E-state index is -3.90. The topological polar surface area (TPSA) is 85.1 Å². The maximum atomic E-state index is 13.5. The lowest BCUT2D eigenvalue weighted by atomic mass is 10.1. The van der Waals surface area contributed by atoms with Crippen molar-refractivity contribution in [3.05, 3.63) is 45.8 Å². The summed E-state index contributed by atoms with van der Waals surface area (Å²) in [7, 11) is -3.90. The summed E-state index contributed by atoms with van der Waals surface area (Å²) in [6, 6.07) is 4.27. The first-order valence-corrected chi connectivity index (χ1v) is 8.19. The molecule has 0 aliphatic rings. The number of sulfonamides is 1. The number of nitrogens with zero attached hydrogens (tertiary/aromatic N) is 1. The fourth-order valence-electron chi connectivity index (χ4n) is 1.97. The molecule has 5 nitrogen and oxygen atoms in total. The Hall–Kier alpha value is -1.67. The summed E-state index contributed by atoms with van der Waals surface area (Å²) in [5.41, 5.74) is 5.86. The molecule has 1 aromatic heterocycles. The molecular weight excluding hydrogens is 361 g/mol. The van der Waals surface area contributed by atoms with Gasteiger partial charge in [-0.15, -0.1) is 0 Å². The van der Waals surface area contributed by atoms with Crippen molar-refractivity contribution in [2.75, 3.05) is 10.5 Å². The van der Waals surface area contributed by atoms with Gasteiger partial charge in [0.25, 0.3) is 10.0 Å². The van der Waals surface area contributed by atoms with Gasteiger partial charge in [0.1, 0.15) is 11.6 Å². The molecule has 0 aliphatic carbocycles. The van der Waals surface area contributed by atoms with E-state index in [9.17, 15) is 12.8 Å². The van der Waals surface area contributed by atoms with Crippen molar-refractivity contribution >= 4 is 37.5 Å². The summed E-state index contributed by atoms with van der Waals surface area (Å²) in [5, 5.41) is 0. The first-order chi connectivity index (χ1) is 9.72. The third-order valence-corrected chi connectivity index (χ3v) is 5.05. The highest BCUT2D eigenvalue weighted by Crippen LogP contribution is 2.28. The van der Waals surface area contributed by atoms with E-state index in [-0.39, 0.29) is 27.5 Å². The van der Waals surface area contributed by atoms with Crippen LogP contribution < -0.4 is 10.5 Å². The van der Waals surface area contributed by atoms with E-state index in [0.29, 0.717) is 0 Å². The van der Waals surface area contributed by atoms with Gasteiger partial charge in [0, 0.05) is 10.7 Å². The Bertz CT molecular complexity index is 792. The number of hydrogen-bond acceptors (Lipinski definition) is 4. The van der Waals surface area contributed by atoms with Gasteiger partial charge in [-0.2, -0.15) is 0 Å². The van der Waals surface area contributed by atoms with E-state index >= 15 is 0 Å². The van der Waals surface area contributed by atoms with Crippen LogP contribution in [0, 0.1) is 19.7 Å². The Morgan fingerprint density at radius 2 is 2.00 bits per heavy atom. The number of nitrogens with one attached hydrogen (secondary N) is 1. The highest BCUT2D eigenvalue weighted by molar-refractivity contribution is 9.10. The quantitative estimate of drug-likeness (QED) is 0.809. The van der Waals surface area contributed by atoms with Gasteiger partial charge in [-0.05, 0) is 59.1 Å². The molecule has 0 aliphatic heterocycles. The second-order valence-electron chi connectivity index (χ2n) is 4.51. The van der Waals surface area contributed by atoms with E-state index in [0.717, 1.165) is 10.5 Å². The van der Waals surface area contributed by atoms with Crippen LogP contribution in [0.3, 0.4) is 0 Å². The van der Waals surface area contributed by atoms with Gasteiger partial charge in [-0.25, -0.2) is 17.8 Å². The summed E-state index contributed by atoms with van der Waals surface area (Å²) in [6.45, 7) is 2.98. The maximum absolute atomic E-state index is 13.5. The van der Waals surface area contributed by atoms with Crippen molar-refractivity contribution in [3.8, 4) is 0 Å². The van der Waals surface area contributed by atoms with E-state index in [1.807, 2.05) is 0 Å². The molecule has 1 heterocycles. The molecule has 3 N–H and O–H groups in total. The predicted molar refractivity (Wildman–Crippen MR) is 83.0 cm³/mol. The lowest BCUT2D eigenvalue weighted by Crippen LogP contribution is -2.17. The lowest BCUT2D eigenvalue weighted by Gasteiger charge is -2.14. The monoisotopic (exact) mass is 373 g/mol. The van der Waals surface area contributed by atoms with Gasteiger partial charge in [0.2, 0.25) is 0 Å². The van der Waals surface area contributed by atoms with Crippen LogP contribution in [-0.4, -0.2) is 13.4 Å². The van der Waals surface area contributed by atoms with Crippen molar-refractivity contribution in [2.24, 2.45) is 0 Å². The number of hydrogen-bond donors (Lipinski definition) is 2. The molecule has 0 amide bonds. The van der Waals surface area contributed by atoms with Crippen molar-refractivity contribution in [3.63, 3.8) is 0 Å². The number of benzene rings is 1. The number of anilines is 2. The smallest absolute Gasteiger partial charge is 0.263 e. The van der Waals surface area contributed by atoms with E-state index in [4.69, 9.17) is 5.73 Å². The number of aromatic nitrogens is 1. The summed E-state index contributed by atoms with van der Waals surface area (Å²) < 4.78 is 41.5. The lowest BCUT2D eigenvalue weighted by molar-refractivity contribution is 0.598. The average molecular weight is 374 g/mol. The Balaban J connectivity index is 2.50. The minimum absolute atomic E-state index is 0.0360. The molecule has 0 bridgehead atoms. The van der Waals surface area contributed by atoms with Crippen LogP contribution in [0.2, 0.25) is 0 Å². The highest BCUT2D eigenvalue weighted by Gasteiger charge is 2.23. The third kappa shape index (κ3) is 3.16. The van der Waals surface area contributed by atoms with E-state index in [2.05, 4.69) is 25.6 Å². The molecular formula is C13H13BrFN3O2S. The van der Waals surface area contributed by atoms with Crippen LogP contribution >= 0.6 is 15.9 Å². The molecule has 21 heavy (non-hydrogen) atoms. The molecule has 0 spiro atoms. The molecule has 112 valence electrons. The maximum Gasteiger partial charge on any atom is 0.263 e. The average Bonchev–Trinajstić information content (AvgIpc) is 2.38. The number of halogens is 2. The second-order valence-corrected chi connectivity index (χ2v) is 7.05. The molecule has 0 atom stereocenters. The van der Waals surface area contributed by atoms with Gasteiger partial charge in [0.05, 0.1) is 10.6 Å². The Morgan fingerprint density at radius 3 is 2.57 bits per heavy atom. The van der Waals surface area contributed by atoms with Gasteiger partial charge >= 0.3 is 0 Å². The molecule has 2 rings (SSSR count). The number of aryl methyl sites for hydroxylation is 1. The van der Waals surface area contributed by atoms with Crippen molar-refractivity contribution in [1.29, 1.82) is 0 Å². The normalized spacial score (nSPS) is 11.4. The van der Waals surface area contributed by atoms with Gasteiger partial charge in [-0.3, -0.25) is 4.72 Å². The summed E-state index contributed by atoms with van der Waals surface area (Å²) in [4.78, 5) is 3.91. The number of pyridine rings is 1. The number of rotatable bonds is 3. The number of nitrogens with two attached hydrogens (primary N) is 1. The van der Waals surface area contributed by atoms with Crippen LogP contribution in [0.1, 0.15) is 11.1 Å². The first kappa shape index (κ1) is 15.7. The molecule has 2 aromatic rings. The highest BCUT2D eigenvalue weighted by atomic mass is 79.9. The van der Waals surface area contributed by atoms with Crippen LogP contribution in [0.25, 0.3) is 0 Å². The molecule has 0 fully saturated rings. The summed E-state index contributed by atoms with van der Waals surface area (Å²) in [5.74, 6) is -0.467. The van der Waals surface area contributed by atoms with Crippen LogP contribution in [-0.2, 0) is 10.0 Å². The van der Waals surface area contributed by atoms with Gasteiger partial charge in [-0.1, -0.05) is 0 Å². The Morgan fingerprint density at radius 1 is 1.33 bits per heavy atom. The predicted octanol–water partition coefficient (Wildman–Crippen LogP) is 2.98. The zero-order valence-corrected chi connectivity index (χ0v) is 13.7. The third-order valence-electron chi connectivity index (χ3n) is 2.94. The summed E-state index contributed by atoms with van der Waals surface area (Å²) >= 11 is 3.21. The van der Waals surface area contributed by atoms with Crippen LogP contribution in [0.4, 0.5) is 15.9 Å². The van der Waals surface area contributed by atoms with Crippen molar-refractivity contribution in [2.45, 2.75) is 18.7 Å². The zero-order chi connectivity index (χ0) is 15.8. The largest absolute Gasteiger partial charge is 0.396 e. The van der Waals surface area contributed by atoms with Crippen molar-refractivity contribution < 1.29 is 12.8 Å². The van der Waals surface area contributed by atoms with Crippen LogP contribution in [0.15, 0.2) is 33.8 Å². The molecule has 1 aromatic carbocycles. The molecule has 8 heteroatoms. The van der Waals surface area contributed by atoms with E-state index in [1.165, 1.54) is 26.1 Å². The fourth-order valence-corrected chi connectivity index (χ4v) is 3.70. The van der Waals surface area contributed by atoms with Gasteiger partial charge in [0.15, 0.2) is 0 Å². The first-order valence-electron chi connectivity index (χ1n) is 5.92. The second kappa shape index (κ2) is 5.61.